The number of hydrogen-bond acceptors (Lipinski definition) is 6. The van der Waals surface area contributed by atoms with E-state index in [1.165, 1.54) is 12.1 Å². The molecular formula is C27H26FN9. The van der Waals surface area contributed by atoms with Gasteiger partial charge in [0.15, 0.2) is 5.65 Å². The van der Waals surface area contributed by atoms with Gasteiger partial charge in [-0.2, -0.15) is 10.2 Å². The number of likely N-dealkylation sites (N-methyl/N-ethyl adjacent to an activating group) is 1. The Labute approximate surface area is 212 Å². The van der Waals surface area contributed by atoms with E-state index < -0.39 is 0 Å². The first-order valence-corrected chi connectivity index (χ1v) is 12.0. The van der Waals surface area contributed by atoms with Crippen molar-refractivity contribution in [3.8, 4) is 33.8 Å². The minimum Gasteiger partial charge on any atom is -0.384 e. The van der Waals surface area contributed by atoms with Crippen molar-refractivity contribution in [1.82, 2.24) is 39.8 Å². The molecule has 6 aromatic rings. The third-order valence-electron chi connectivity index (χ3n) is 6.32. The summed E-state index contributed by atoms with van der Waals surface area (Å²) in [5.74, 6) is -0.313. The molecule has 0 bridgehead atoms. The number of fused-ring (bicyclic) bond motifs is 2. The van der Waals surface area contributed by atoms with Crippen molar-refractivity contribution in [2.24, 2.45) is 7.05 Å². The Morgan fingerprint density at radius 2 is 1.86 bits per heavy atom. The summed E-state index contributed by atoms with van der Waals surface area (Å²) in [5, 5.41) is 16.9. The van der Waals surface area contributed by atoms with Gasteiger partial charge in [0.1, 0.15) is 11.5 Å². The first kappa shape index (κ1) is 22.9. The standard InChI is InChI=1S/C27H26FN9/c1-36(2)7-6-29-20-9-16(8-19(28)11-20)25-21-12-24(33-23(21)4-5-30-25)26-22-10-17(13-31-27(22)35-34-26)18-14-32-37(3)15-18/h4-5,8-15,29,33H,6-7H2,1-3H3,(H,31,34,35). The van der Waals surface area contributed by atoms with Gasteiger partial charge in [0.2, 0.25) is 0 Å². The molecule has 0 unspecified atom stereocenters. The first-order chi connectivity index (χ1) is 17.9. The quantitative estimate of drug-likeness (QED) is 0.297. The van der Waals surface area contributed by atoms with Gasteiger partial charge >= 0.3 is 0 Å². The van der Waals surface area contributed by atoms with Gasteiger partial charge < -0.3 is 15.2 Å². The summed E-state index contributed by atoms with van der Waals surface area (Å²) in [6, 6.07) is 10.9. The van der Waals surface area contributed by atoms with Crippen molar-refractivity contribution < 1.29 is 4.39 Å². The van der Waals surface area contributed by atoms with E-state index >= 15 is 0 Å². The molecule has 1 aromatic carbocycles. The number of pyridine rings is 2. The Bertz CT molecular complexity index is 1730. The van der Waals surface area contributed by atoms with E-state index in [9.17, 15) is 4.39 Å². The maximum atomic E-state index is 14.6. The molecule has 5 heterocycles. The molecule has 5 aromatic heterocycles. The second kappa shape index (κ2) is 9.14. The number of halogens is 1. The van der Waals surface area contributed by atoms with Gasteiger partial charge in [-0.15, -0.1) is 0 Å². The third kappa shape index (κ3) is 4.43. The number of hydrogen-bond donors (Lipinski definition) is 3. The number of rotatable bonds is 7. The zero-order valence-electron chi connectivity index (χ0n) is 20.7. The lowest BCUT2D eigenvalue weighted by Gasteiger charge is -2.12. The van der Waals surface area contributed by atoms with E-state index in [2.05, 4.69) is 46.5 Å². The lowest BCUT2D eigenvalue weighted by molar-refractivity contribution is 0.425. The molecule has 0 atom stereocenters. The van der Waals surface area contributed by atoms with Crippen LogP contribution >= 0.6 is 0 Å². The smallest absolute Gasteiger partial charge is 0.155 e. The molecule has 0 fully saturated rings. The van der Waals surface area contributed by atoms with Gasteiger partial charge in [-0.25, -0.2) is 9.37 Å². The van der Waals surface area contributed by atoms with Gasteiger partial charge in [-0.1, -0.05) is 0 Å². The van der Waals surface area contributed by atoms with Crippen LogP contribution in [0.2, 0.25) is 0 Å². The number of H-pyrrole nitrogens is 2. The maximum absolute atomic E-state index is 14.6. The highest BCUT2D eigenvalue weighted by molar-refractivity contribution is 6.00. The average Bonchev–Trinajstić information content (AvgIpc) is 3.60. The fraction of sp³-hybridized carbons (Fsp3) is 0.185. The molecule has 0 radical (unpaired) electrons. The predicted molar refractivity (Wildman–Crippen MR) is 144 cm³/mol. The minimum atomic E-state index is -0.313. The Hall–Kier alpha value is -4.57. The van der Waals surface area contributed by atoms with Crippen molar-refractivity contribution in [2.45, 2.75) is 0 Å². The molecule has 186 valence electrons. The summed E-state index contributed by atoms with van der Waals surface area (Å²) in [5.41, 5.74) is 7.21. The number of nitrogens with one attached hydrogen (secondary N) is 3. The number of aromatic amines is 2. The van der Waals surface area contributed by atoms with Crippen molar-refractivity contribution in [3.63, 3.8) is 0 Å². The van der Waals surface area contributed by atoms with Crippen LogP contribution in [0.4, 0.5) is 10.1 Å². The SMILES string of the molecule is CN(C)CCNc1cc(F)cc(-c2nccc3[nH]c(-c4n[nH]c5ncc(-c6cnn(C)c6)cc45)cc23)c1. The molecule has 37 heavy (non-hydrogen) atoms. The van der Waals surface area contributed by atoms with E-state index in [-0.39, 0.29) is 5.82 Å². The van der Waals surface area contributed by atoms with Crippen LogP contribution in [-0.2, 0) is 7.05 Å². The van der Waals surface area contributed by atoms with Gasteiger partial charge in [-0.3, -0.25) is 14.8 Å². The molecule has 0 saturated carbocycles. The molecule has 6 rings (SSSR count). The van der Waals surface area contributed by atoms with Crippen LogP contribution in [0.1, 0.15) is 0 Å². The number of aromatic nitrogens is 7. The minimum absolute atomic E-state index is 0.313. The second-order valence-corrected chi connectivity index (χ2v) is 9.36. The third-order valence-corrected chi connectivity index (χ3v) is 6.32. The normalized spacial score (nSPS) is 11.7. The Morgan fingerprint density at radius 3 is 2.68 bits per heavy atom. The van der Waals surface area contributed by atoms with Gasteiger partial charge in [0.05, 0.1) is 17.6 Å². The van der Waals surface area contributed by atoms with Gasteiger partial charge in [0, 0.05) is 77.4 Å². The van der Waals surface area contributed by atoms with Crippen LogP contribution < -0.4 is 5.32 Å². The lowest BCUT2D eigenvalue weighted by Crippen LogP contribution is -2.20. The number of benzene rings is 1. The fourth-order valence-electron chi connectivity index (χ4n) is 4.50. The second-order valence-electron chi connectivity index (χ2n) is 9.36. The monoisotopic (exact) mass is 495 g/mol. The fourth-order valence-corrected chi connectivity index (χ4v) is 4.50. The highest BCUT2D eigenvalue weighted by Crippen LogP contribution is 2.34. The van der Waals surface area contributed by atoms with Crippen molar-refractivity contribution in [1.29, 1.82) is 0 Å². The lowest BCUT2D eigenvalue weighted by atomic mass is 10.1. The molecular weight excluding hydrogens is 469 g/mol. The van der Waals surface area contributed by atoms with Crippen LogP contribution in [0.5, 0.6) is 0 Å². The number of aryl methyl sites for hydroxylation is 1. The van der Waals surface area contributed by atoms with Gasteiger partial charge in [0.25, 0.3) is 0 Å². The molecule has 0 aliphatic rings. The summed E-state index contributed by atoms with van der Waals surface area (Å²) < 4.78 is 16.3. The van der Waals surface area contributed by atoms with Crippen molar-refractivity contribution in [3.05, 3.63) is 67.0 Å². The molecule has 0 spiro atoms. The molecule has 0 amide bonds. The average molecular weight is 496 g/mol. The van der Waals surface area contributed by atoms with Crippen LogP contribution in [0, 0.1) is 5.82 Å². The molecule has 0 aliphatic heterocycles. The summed E-state index contributed by atoms with van der Waals surface area (Å²) in [7, 11) is 5.90. The van der Waals surface area contributed by atoms with E-state index in [1.54, 1.807) is 10.9 Å². The molecule has 10 heteroatoms. The number of nitrogens with zero attached hydrogens (tertiary/aromatic N) is 6. The van der Waals surface area contributed by atoms with E-state index in [4.69, 9.17) is 0 Å². The summed E-state index contributed by atoms with van der Waals surface area (Å²) in [6.07, 6.45) is 7.30. The van der Waals surface area contributed by atoms with Crippen LogP contribution in [0.15, 0.2) is 61.2 Å². The molecule has 0 saturated heterocycles. The summed E-state index contributed by atoms with van der Waals surface area (Å²) >= 11 is 0. The van der Waals surface area contributed by atoms with Gasteiger partial charge in [-0.05, 0) is 50.5 Å². The van der Waals surface area contributed by atoms with Crippen molar-refractivity contribution in [2.75, 3.05) is 32.5 Å². The Kier molecular flexibility index (Phi) is 5.65. The largest absolute Gasteiger partial charge is 0.384 e. The predicted octanol–water partition coefficient (Wildman–Crippen LogP) is 4.68. The Balaban J connectivity index is 1.40. The zero-order chi connectivity index (χ0) is 25.5. The van der Waals surface area contributed by atoms with Crippen molar-refractivity contribution >= 4 is 27.6 Å². The summed E-state index contributed by atoms with van der Waals surface area (Å²) in [6.45, 7) is 1.55. The molecule has 9 nitrogen and oxygen atoms in total. The maximum Gasteiger partial charge on any atom is 0.155 e. The van der Waals surface area contributed by atoms with Crippen LogP contribution in [0.25, 0.3) is 55.7 Å². The van der Waals surface area contributed by atoms with Crippen LogP contribution in [0.3, 0.4) is 0 Å². The zero-order valence-corrected chi connectivity index (χ0v) is 20.7. The first-order valence-electron chi connectivity index (χ1n) is 12.0. The highest BCUT2D eigenvalue weighted by atomic mass is 19.1. The van der Waals surface area contributed by atoms with Crippen LogP contribution in [-0.4, -0.2) is 67.0 Å². The molecule has 3 N–H and O–H groups in total. The number of anilines is 1. The van der Waals surface area contributed by atoms with E-state index in [0.29, 0.717) is 23.4 Å². The van der Waals surface area contributed by atoms with E-state index in [0.717, 1.165) is 51.0 Å². The Morgan fingerprint density at radius 1 is 0.973 bits per heavy atom. The highest BCUT2D eigenvalue weighted by Gasteiger charge is 2.16. The molecule has 0 aliphatic carbocycles. The van der Waals surface area contributed by atoms with E-state index in [1.807, 2.05) is 57.9 Å². The summed E-state index contributed by atoms with van der Waals surface area (Å²) in [4.78, 5) is 14.7. The topological polar surface area (TPSA) is 103 Å².